The number of hydrogen-bond donors (Lipinski definition) is 2. The number of amides is 1. The van der Waals surface area contributed by atoms with Gasteiger partial charge in [-0.25, -0.2) is 0 Å². The number of fused-ring (bicyclic) bond motifs is 1. The second-order valence-electron chi connectivity index (χ2n) is 4.10. The maximum atomic E-state index is 12.1. The third-order valence-corrected chi connectivity index (χ3v) is 3.80. The Morgan fingerprint density at radius 2 is 2.16 bits per heavy atom. The number of nitrogens with zero attached hydrogens (tertiary/aromatic N) is 1. The van der Waals surface area contributed by atoms with Gasteiger partial charge >= 0.3 is 0 Å². The number of benzene rings is 1. The zero-order valence-corrected chi connectivity index (χ0v) is 10.8. The number of nitrogens with one attached hydrogen (secondary N) is 1. The lowest BCUT2D eigenvalue weighted by Crippen LogP contribution is -2.09. The van der Waals surface area contributed by atoms with E-state index in [4.69, 9.17) is 5.73 Å². The summed E-state index contributed by atoms with van der Waals surface area (Å²) in [4.78, 5) is 16.7. The van der Waals surface area contributed by atoms with Gasteiger partial charge in [0.2, 0.25) is 0 Å². The first-order valence-electron chi connectivity index (χ1n) is 5.73. The van der Waals surface area contributed by atoms with Gasteiger partial charge in [0.15, 0.2) is 0 Å². The minimum absolute atomic E-state index is 0.132. The van der Waals surface area contributed by atoms with Crippen molar-refractivity contribution in [2.24, 2.45) is 0 Å². The molecule has 3 aromatic rings. The van der Waals surface area contributed by atoms with Crippen LogP contribution in [0, 0.1) is 0 Å². The first-order chi connectivity index (χ1) is 9.22. The van der Waals surface area contributed by atoms with Gasteiger partial charge in [-0.15, -0.1) is 11.3 Å². The largest absolute Gasteiger partial charge is 0.399 e. The molecule has 0 aliphatic carbocycles. The Kier molecular flexibility index (Phi) is 2.89. The van der Waals surface area contributed by atoms with E-state index in [-0.39, 0.29) is 5.91 Å². The van der Waals surface area contributed by atoms with Crippen LogP contribution in [0.1, 0.15) is 9.67 Å². The first-order valence-corrected chi connectivity index (χ1v) is 6.54. The van der Waals surface area contributed by atoms with Crippen molar-refractivity contribution in [1.29, 1.82) is 0 Å². The molecular weight excluding hydrogens is 258 g/mol. The zero-order chi connectivity index (χ0) is 13.2. The molecule has 0 bridgehead atoms. The molecule has 0 saturated heterocycles. The molecule has 19 heavy (non-hydrogen) atoms. The fourth-order valence-corrected chi connectivity index (χ4v) is 2.74. The molecule has 0 radical (unpaired) electrons. The average Bonchev–Trinajstić information content (AvgIpc) is 2.83. The maximum absolute atomic E-state index is 12.1. The van der Waals surface area contributed by atoms with Gasteiger partial charge in [-0.2, -0.15) is 0 Å². The Balaban J connectivity index is 1.89. The van der Waals surface area contributed by atoms with Gasteiger partial charge in [-0.3, -0.25) is 9.78 Å². The van der Waals surface area contributed by atoms with Gasteiger partial charge < -0.3 is 11.1 Å². The highest BCUT2D eigenvalue weighted by Gasteiger charge is 2.10. The SMILES string of the molecule is Nc1ccc2sc(C(=O)Nc3cccnc3)cc2c1. The standard InChI is InChI=1S/C14H11N3OS/c15-10-3-4-12-9(6-10)7-13(19-12)14(18)17-11-2-1-5-16-8-11/h1-8H,15H2,(H,17,18). The Morgan fingerprint density at radius 3 is 2.95 bits per heavy atom. The molecule has 1 amide bonds. The average molecular weight is 269 g/mol. The number of carbonyl (C=O) groups is 1. The van der Waals surface area contributed by atoms with E-state index in [0.29, 0.717) is 16.3 Å². The molecule has 5 heteroatoms. The number of carbonyl (C=O) groups excluding carboxylic acids is 1. The van der Waals surface area contributed by atoms with E-state index >= 15 is 0 Å². The van der Waals surface area contributed by atoms with Crippen LogP contribution in [0.15, 0.2) is 48.8 Å². The highest BCUT2D eigenvalue weighted by atomic mass is 32.1. The van der Waals surface area contributed by atoms with Crippen LogP contribution in [-0.2, 0) is 0 Å². The van der Waals surface area contributed by atoms with Crippen LogP contribution < -0.4 is 11.1 Å². The minimum atomic E-state index is -0.132. The molecule has 2 aromatic heterocycles. The summed E-state index contributed by atoms with van der Waals surface area (Å²) >= 11 is 1.45. The van der Waals surface area contributed by atoms with Crippen molar-refractivity contribution in [3.05, 3.63) is 53.7 Å². The van der Waals surface area contributed by atoms with Crippen LogP contribution in [0.5, 0.6) is 0 Å². The molecule has 94 valence electrons. The Bertz CT molecular complexity index is 737. The van der Waals surface area contributed by atoms with Crippen molar-refractivity contribution in [2.45, 2.75) is 0 Å². The molecule has 1 aromatic carbocycles. The number of nitrogens with two attached hydrogens (primary N) is 1. The number of rotatable bonds is 2. The summed E-state index contributed by atoms with van der Waals surface area (Å²) in [6, 6.07) is 11.1. The molecule has 0 saturated carbocycles. The van der Waals surface area contributed by atoms with E-state index < -0.39 is 0 Å². The van der Waals surface area contributed by atoms with Crippen LogP contribution >= 0.6 is 11.3 Å². The monoisotopic (exact) mass is 269 g/mol. The number of thiophene rings is 1. The third-order valence-electron chi connectivity index (χ3n) is 2.68. The van der Waals surface area contributed by atoms with E-state index in [1.165, 1.54) is 11.3 Å². The smallest absolute Gasteiger partial charge is 0.265 e. The summed E-state index contributed by atoms with van der Waals surface area (Å²) in [5.41, 5.74) is 7.11. The lowest BCUT2D eigenvalue weighted by Gasteiger charge is -2.01. The van der Waals surface area contributed by atoms with Gasteiger partial charge in [-0.05, 0) is 41.8 Å². The number of hydrogen-bond acceptors (Lipinski definition) is 4. The predicted octanol–water partition coefficient (Wildman–Crippen LogP) is 3.13. The Labute approximate surface area is 113 Å². The molecule has 3 N–H and O–H groups in total. The summed E-state index contributed by atoms with van der Waals surface area (Å²) in [6.07, 6.45) is 3.28. The first kappa shape index (κ1) is 11.7. The normalized spacial score (nSPS) is 10.5. The summed E-state index contributed by atoms with van der Waals surface area (Å²) in [5.74, 6) is -0.132. The number of anilines is 2. The third kappa shape index (κ3) is 2.41. The van der Waals surface area contributed by atoms with Gasteiger partial charge in [-0.1, -0.05) is 0 Å². The van der Waals surface area contributed by atoms with Crippen molar-refractivity contribution in [3.8, 4) is 0 Å². The van der Waals surface area contributed by atoms with Crippen molar-refractivity contribution < 1.29 is 4.79 Å². The van der Waals surface area contributed by atoms with Gasteiger partial charge in [0.25, 0.3) is 5.91 Å². The molecule has 4 nitrogen and oxygen atoms in total. The van der Waals surface area contributed by atoms with Gasteiger partial charge in [0.05, 0.1) is 16.8 Å². The van der Waals surface area contributed by atoms with Crippen molar-refractivity contribution in [3.63, 3.8) is 0 Å². The predicted molar refractivity (Wildman–Crippen MR) is 78.4 cm³/mol. The second-order valence-corrected chi connectivity index (χ2v) is 5.19. The highest BCUT2D eigenvalue weighted by Crippen LogP contribution is 2.27. The fraction of sp³-hybridized carbons (Fsp3) is 0. The fourth-order valence-electron chi connectivity index (χ4n) is 1.80. The molecule has 0 atom stereocenters. The van der Waals surface area contributed by atoms with E-state index in [9.17, 15) is 4.79 Å². The molecule has 0 fully saturated rings. The highest BCUT2D eigenvalue weighted by molar-refractivity contribution is 7.20. The summed E-state index contributed by atoms with van der Waals surface area (Å²) < 4.78 is 1.05. The zero-order valence-electron chi connectivity index (χ0n) is 9.96. The topological polar surface area (TPSA) is 68.0 Å². The quantitative estimate of drug-likeness (QED) is 0.702. The lowest BCUT2D eigenvalue weighted by atomic mass is 10.2. The van der Waals surface area contributed by atoms with E-state index in [0.717, 1.165) is 10.1 Å². The minimum Gasteiger partial charge on any atom is -0.399 e. The van der Waals surface area contributed by atoms with Crippen molar-refractivity contribution >= 4 is 38.7 Å². The molecule has 2 heterocycles. The van der Waals surface area contributed by atoms with Crippen LogP contribution in [-0.4, -0.2) is 10.9 Å². The van der Waals surface area contributed by atoms with Gasteiger partial charge in [0.1, 0.15) is 0 Å². The van der Waals surface area contributed by atoms with Crippen molar-refractivity contribution in [1.82, 2.24) is 4.98 Å². The number of aromatic nitrogens is 1. The maximum Gasteiger partial charge on any atom is 0.265 e. The van der Waals surface area contributed by atoms with Crippen LogP contribution in [0.3, 0.4) is 0 Å². The summed E-state index contributed by atoms with van der Waals surface area (Å²) in [6.45, 7) is 0. The van der Waals surface area contributed by atoms with E-state index in [1.54, 1.807) is 24.5 Å². The molecule has 3 rings (SSSR count). The molecule has 0 spiro atoms. The molecule has 0 unspecified atom stereocenters. The van der Waals surface area contributed by atoms with Crippen LogP contribution in [0.25, 0.3) is 10.1 Å². The molecule has 0 aliphatic rings. The number of pyridine rings is 1. The summed E-state index contributed by atoms with van der Waals surface area (Å²) in [7, 11) is 0. The van der Waals surface area contributed by atoms with Crippen molar-refractivity contribution in [2.75, 3.05) is 11.1 Å². The molecule has 0 aliphatic heterocycles. The van der Waals surface area contributed by atoms with Gasteiger partial charge in [0, 0.05) is 16.6 Å². The summed E-state index contributed by atoms with van der Waals surface area (Å²) in [5, 5.41) is 3.80. The Morgan fingerprint density at radius 1 is 1.26 bits per heavy atom. The molecular formula is C14H11N3OS. The van der Waals surface area contributed by atoms with Crippen LogP contribution in [0.2, 0.25) is 0 Å². The second kappa shape index (κ2) is 4.70. The Hall–Kier alpha value is -2.40. The van der Waals surface area contributed by atoms with Crippen LogP contribution in [0.4, 0.5) is 11.4 Å². The lowest BCUT2D eigenvalue weighted by molar-refractivity contribution is 0.103. The van der Waals surface area contributed by atoms with E-state index in [1.807, 2.05) is 24.3 Å². The number of nitrogen functional groups attached to an aromatic ring is 1. The van der Waals surface area contributed by atoms with E-state index in [2.05, 4.69) is 10.3 Å².